The molecular formula is C24H32Cl2N6O4. The molecule has 2 saturated heterocycles. The maximum Gasteiger partial charge on any atom is 0.365 e. The molecule has 1 N–H and O–H groups in total. The largest absolute Gasteiger partial charge is 0.365 e. The fourth-order valence-corrected chi connectivity index (χ4v) is 5.96. The van der Waals surface area contributed by atoms with E-state index >= 15 is 0 Å². The minimum atomic E-state index is -0.591. The summed E-state index contributed by atoms with van der Waals surface area (Å²) in [5.41, 5.74) is 0. The van der Waals surface area contributed by atoms with Gasteiger partial charge in [0.25, 0.3) is 0 Å². The van der Waals surface area contributed by atoms with Gasteiger partial charge in [-0.05, 0) is 100 Å². The number of halogens is 2. The lowest BCUT2D eigenvalue weighted by atomic mass is 10.0. The predicted molar refractivity (Wildman–Crippen MR) is 141 cm³/mol. The summed E-state index contributed by atoms with van der Waals surface area (Å²) in [4.78, 5) is 29.6. The molecule has 2 saturated carbocycles. The summed E-state index contributed by atoms with van der Waals surface area (Å²) < 4.78 is 0. The van der Waals surface area contributed by atoms with Gasteiger partial charge in [0.15, 0.2) is 0 Å². The van der Waals surface area contributed by atoms with Crippen LogP contribution in [0.15, 0.2) is 36.4 Å². The standard InChI is InChI=1S/C12H15N3O2.C7H13N.C5H3ClN2O2.ClH/c16-15(17)12-6-2-5-11(13-12)14-8-7-9-3-1-4-10(9)14;1-2-6-4-5-8-7(6)3-1;6-4-2-1-3-5(7-4)8(9)10;/h2,5-6,9-10H,1,3-4,7-8H2;6-8H,1-5H2;1-3H;1H/t9-,10-;6-,7-;;/m01../s1. The van der Waals surface area contributed by atoms with E-state index in [4.69, 9.17) is 11.6 Å². The average molecular weight is 539 g/mol. The molecule has 0 aromatic carbocycles. The van der Waals surface area contributed by atoms with Crippen molar-refractivity contribution in [2.24, 2.45) is 11.8 Å². The lowest BCUT2D eigenvalue weighted by Crippen LogP contribution is -2.30. The number of nitrogens with one attached hydrogen (secondary N) is 1. The monoisotopic (exact) mass is 538 g/mol. The number of fused-ring (bicyclic) bond motifs is 2. The topological polar surface area (TPSA) is 127 Å². The first-order chi connectivity index (χ1) is 16.9. The van der Waals surface area contributed by atoms with Crippen LogP contribution in [0.5, 0.6) is 0 Å². The van der Waals surface area contributed by atoms with Crippen molar-refractivity contribution in [3.05, 3.63) is 61.8 Å². The molecule has 196 valence electrons. The Morgan fingerprint density at radius 1 is 0.861 bits per heavy atom. The number of aromatic nitrogens is 2. The van der Waals surface area contributed by atoms with E-state index in [9.17, 15) is 20.2 Å². The van der Waals surface area contributed by atoms with Crippen LogP contribution in [0.2, 0.25) is 5.15 Å². The molecule has 0 radical (unpaired) electrons. The smallest absolute Gasteiger partial charge is 0.358 e. The molecule has 2 aliphatic heterocycles. The van der Waals surface area contributed by atoms with Crippen LogP contribution in [0.4, 0.5) is 17.5 Å². The fourth-order valence-electron chi connectivity index (χ4n) is 5.80. The van der Waals surface area contributed by atoms with Crippen LogP contribution < -0.4 is 10.2 Å². The lowest BCUT2D eigenvalue weighted by molar-refractivity contribution is -0.389. The zero-order chi connectivity index (χ0) is 24.8. The lowest BCUT2D eigenvalue weighted by Gasteiger charge is -2.21. The van der Waals surface area contributed by atoms with Gasteiger partial charge in [-0.15, -0.1) is 12.4 Å². The van der Waals surface area contributed by atoms with Crippen molar-refractivity contribution < 1.29 is 9.85 Å². The Balaban J connectivity index is 0.000000162. The highest BCUT2D eigenvalue weighted by Gasteiger charge is 2.39. The Bertz CT molecular complexity index is 1030. The maximum atomic E-state index is 10.7. The van der Waals surface area contributed by atoms with Crippen molar-refractivity contribution in [2.75, 3.05) is 18.0 Å². The van der Waals surface area contributed by atoms with Crippen LogP contribution in [-0.2, 0) is 0 Å². The molecule has 4 heterocycles. The summed E-state index contributed by atoms with van der Waals surface area (Å²) in [6.07, 6.45) is 10.9. The van der Waals surface area contributed by atoms with Gasteiger partial charge in [0.1, 0.15) is 0 Å². The third-order valence-electron chi connectivity index (χ3n) is 7.43. The van der Waals surface area contributed by atoms with Gasteiger partial charge in [-0.25, -0.2) is 0 Å². The molecule has 36 heavy (non-hydrogen) atoms. The first-order valence-corrected chi connectivity index (χ1v) is 12.7. The number of rotatable bonds is 3. The van der Waals surface area contributed by atoms with Crippen LogP contribution >= 0.6 is 24.0 Å². The van der Waals surface area contributed by atoms with Gasteiger partial charge < -0.3 is 30.4 Å². The SMILES string of the molecule is C1C[C@@H]2CCN[C@@H]2C1.Cl.O=[N+]([O-])c1cccc(Cl)n1.O=[N+]([O-])c1cccc(N2CC[C@@H]3CCC[C@@H]32)n1. The molecule has 4 atom stereocenters. The van der Waals surface area contributed by atoms with E-state index in [-0.39, 0.29) is 29.2 Å². The maximum absolute atomic E-state index is 10.7. The van der Waals surface area contributed by atoms with Crippen molar-refractivity contribution in [3.8, 4) is 0 Å². The van der Waals surface area contributed by atoms with Crippen LogP contribution in [0.1, 0.15) is 51.4 Å². The van der Waals surface area contributed by atoms with E-state index in [0.717, 1.165) is 30.2 Å². The molecule has 10 nitrogen and oxygen atoms in total. The minimum Gasteiger partial charge on any atom is -0.358 e. The van der Waals surface area contributed by atoms with E-state index in [1.807, 2.05) is 6.07 Å². The molecular weight excluding hydrogens is 507 g/mol. The van der Waals surface area contributed by atoms with Crippen molar-refractivity contribution >= 4 is 41.5 Å². The zero-order valence-corrected chi connectivity index (χ0v) is 21.6. The second-order valence-electron chi connectivity index (χ2n) is 9.47. The molecule has 2 aliphatic carbocycles. The van der Waals surface area contributed by atoms with E-state index in [1.54, 1.807) is 6.07 Å². The summed E-state index contributed by atoms with van der Waals surface area (Å²) in [7, 11) is 0. The third kappa shape index (κ3) is 7.02. The highest BCUT2D eigenvalue weighted by Crippen LogP contribution is 2.39. The highest BCUT2D eigenvalue weighted by molar-refractivity contribution is 6.29. The molecule has 0 spiro atoms. The number of nitro groups is 2. The zero-order valence-electron chi connectivity index (χ0n) is 20.0. The minimum absolute atomic E-state index is 0. The summed E-state index contributed by atoms with van der Waals surface area (Å²) in [5.74, 6) is 2.33. The quantitative estimate of drug-likeness (QED) is 0.304. The number of hydrogen-bond acceptors (Lipinski definition) is 8. The van der Waals surface area contributed by atoms with Gasteiger partial charge in [0, 0.05) is 42.9 Å². The molecule has 0 amide bonds. The number of anilines is 1. The van der Waals surface area contributed by atoms with Crippen molar-refractivity contribution in [2.45, 2.75) is 63.5 Å². The Kier molecular flexibility index (Phi) is 10.2. The van der Waals surface area contributed by atoms with Crippen molar-refractivity contribution in [1.29, 1.82) is 0 Å². The van der Waals surface area contributed by atoms with Gasteiger partial charge in [-0.3, -0.25) is 0 Å². The number of nitrogens with zero attached hydrogens (tertiary/aromatic N) is 5. The number of hydrogen-bond donors (Lipinski definition) is 1. The molecule has 12 heteroatoms. The number of pyridine rings is 2. The predicted octanol–water partition coefficient (Wildman–Crippen LogP) is 5.58. The average Bonchev–Trinajstić information content (AvgIpc) is 3.62. The van der Waals surface area contributed by atoms with Gasteiger partial charge in [-0.1, -0.05) is 12.8 Å². The van der Waals surface area contributed by atoms with Crippen molar-refractivity contribution in [3.63, 3.8) is 0 Å². The van der Waals surface area contributed by atoms with Gasteiger partial charge in [0.2, 0.25) is 11.0 Å². The summed E-state index contributed by atoms with van der Waals surface area (Å²) in [5, 5.41) is 24.4. The molecule has 6 rings (SSSR count). The molecule has 4 fully saturated rings. The second kappa shape index (κ2) is 13.1. The van der Waals surface area contributed by atoms with Gasteiger partial charge in [-0.2, -0.15) is 0 Å². The van der Waals surface area contributed by atoms with Gasteiger partial charge >= 0.3 is 11.6 Å². The van der Waals surface area contributed by atoms with Crippen LogP contribution in [0.25, 0.3) is 0 Å². The van der Waals surface area contributed by atoms with Crippen molar-refractivity contribution in [1.82, 2.24) is 15.3 Å². The molecule has 0 bridgehead atoms. The fraction of sp³-hybridized carbons (Fsp3) is 0.583. The Labute approximate surface area is 221 Å². The Hall–Kier alpha value is -2.56. The van der Waals surface area contributed by atoms with Crippen LogP contribution in [0.3, 0.4) is 0 Å². The summed E-state index contributed by atoms with van der Waals surface area (Å²) in [6, 6.07) is 10.8. The normalized spacial score (nSPS) is 25.4. The van der Waals surface area contributed by atoms with Gasteiger partial charge in [0.05, 0.1) is 0 Å². The summed E-state index contributed by atoms with van der Waals surface area (Å²) in [6.45, 7) is 2.28. The van der Waals surface area contributed by atoms with Crippen LogP contribution in [0, 0.1) is 32.1 Å². The van der Waals surface area contributed by atoms with Crippen LogP contribution in [-0.4, -0.2) is 45.0 Å². The second-order valence-corrected chi connectivity index (χ2v) is 9.85. The van der Waals surface area contributed by atoms with E-state index < -0.39 is 9.85 Å². The summed E-state index contributed by atoms with van der Waals surface area (Å²) >= 11 is 5.37. The van der Waals surface area contributed by atoms with E-state index in [0.29, 0.717) is 6.04 Å². The van der Waals surface area contributed by atoms with E-state index in [2.05, 4.69) is 20.2 Å². The van der Waals surface area contributed by atoms with E-state index in [1.165, 1.54) is 82.2 Å². The third-order valence-corrected chi connectivity index (χ3v) is 7.64. The molecule has 2 aromatic heterocycles. The highest BCUT2D eigenvalue weighted by atomic mass is 35.5. The Morgan fingerprint density at radius 3 is 2.19 bits per heavy atom. The first kappa shape index (κ1) is 28.0. The molecule has 4 aliphatic rings. The first-order valence-electron chi connectivity index (χ1n) is 12.3. The Morgan fingerprint density at radius 2 is 1.53 bits per heavy atom. The molecule has 0 unspecified atom stereocenters. The molecule has 2 aromatic rings.